The fourth-order valence-electron chi connectivity index (χ4n) is 3.64. The summed E-state index contributed by atoms with van der Waals surface area (Å²) in [6.45, 7) is 3.22. The van der Waals surface area contributed by atoms with Gasteiger partial charge in [-0.3, -0.25) is 19.1 Å². The first-order valence-electron chi connectivity index (χ1n) is 10.5. The van der Waals surface area contributed by atoms with Gasteiger partial charge < -0.3 is 5.32 Å². The smallest absolute Gasteiger partial charge is 0.267 e. The van der Waals surface area contributed by atoms with E-state index in [0.29, 0.717) is 22.3 Å². The Morgan fingerprint density at radius 1 is 1.12 bits per heavy atom. The van der Waals surface area contributed by atoms with Crippen LogP contribution in [-0.4, -0.2) is 30.5 Å². The van der Waals surface area contributed by atoms with E-state index in [2.05, 4.69) is 20.5 Å². The predicted octanol–water partition coefficient (Wildman–Crippen LogP) is 5.19. The molecule has 0 radical (unpaired) electrons. The van der Waals surface area contributed by atoms with Crippen molar-refractivity contribution in [2.75, 3.05) is 5.32 Å². The second kappa shape index (κ2) is 9.17. The number of fused-ring (bicyclic) bond motifs is 1. The molecule has 166 valence electrons. The highest BCUT2D eigenvalue weighted by Gasteiger charge is 2.18. The molecular formula is C24H21ClN6OS. The Morgan fingerprint density at radius 2 is 1.94 bits per heavy atom. The van der Waals surface area contributed by atoms with Gasteiger partial charge in [0, 0.05) is 41.6 Å². The molecule has 0 saturated carbocycles. The monoisotopic (exact) mass is 476 g/mol. The lowest BCUT2D eigenvalue weighted by molar-refractivity contribution is 0.103. The number of hydrogen-bond acceptors (Lipinski definition) is 5. The van der Waals surface area contributed by atoms with E-state index in [1.807, 2.05) is 71.0 Å². The summed E-state index contributed by atoms with van der Waals surface area (Å²) in [5, 5.41) is 13.7. The number of pyridine rings is 1. The number of halogens is 1. The molecule has 0 unspecified atom stereocenters. The van der Waals surface area contributed by atoms with E-state index < -0.39 is 0 Å². The Hall–Kier alpha value is -3.49. The third-order valence-electron chi connectivity index (χ3n) is 5.37. The maximum Gasteiger partial charge on any atom is 0.267 e. The minimum Gasteiger partial charge on any atom is -0.304 e. The summed E-state index contributed by atoms with van der Waals surface area (Å²) in [6.07, 6.45) is 6.28. The van der Waals surface area contributed by atoms with Crippen molar-refractivity contribution < 1.29 is 4.79 Å². The molecule has 7 nitrogen and oxygen atoms in total. The Morgan fingerprint density at radius 3 is 2.76 bits per heavy atom. The van der Waals surface area contributed by atoms with E-state index in [0.717, 1.165) is 34.4 Å². The highest BCUT2D eigenvalue weighted by molar-refractivity contribution is 7.20. The number of amides is 1. The normalized spacial score (nSPS) is 11.2. The van der Waals surface area contributed by atoms with Gasteiger partial charge in [-0.1, -0.05) is 29.8 Å². The van der Waals surface area contributed by atoms with Gasteiger partial charge in [-0.2, -0.15) is 10.2 Å². The van der Waals surface area contributed by atoms with E-state index in [1.54, 1.807) is 12.4 Å². The van der Waals surface area contributed by atoms with Crippen molar-refractivity contribution in [3.8, 4) is 0 Å². The standard InChI is InChI=1S/C24H21ClN6OS/c1-16-19-14-21(33-24(19)31(28-16)15-18-4-2-3-5-20(18)25)23(32)27-22-9-13-30(29-22)12-8-17-6-10-26-11-7-17/h2-7,9-11,13-14H,8,12,15H2,1H3,(H,27,29,32). The molecule has 0 aliphatic carbocycles. The lowest BCUT2D eigenvalue weighted by Crippen LogP contribution is -2.11. The first-order chi connectivity index (χ1) is 16.1. The van der Waals surface area contributed by atoms with Crippen molar-refractivity contribution in [3.63, 3.8) is 0 Å². The summed E-state index contributed by atoms with van der Waals surface area (Å²) in [5.74, 6) is 0.348. The van der Waals surface area contributed by atoms with E-state index in [4.69, 9.17) is 11.6 Å². The van der Waals surface area contributed by atoms with E-state index >= 15 is 0 Å². The zero-order chi connectivity index (χ0) is 22.8. The average molecular weight is 477 g/mol. The summed E-state index contributed by atoms with van der Waals surface area (Å²) in [6, 6.07) is 15.4. The first-order valence-corrected chi connectivity index (χ1v) is 11.7. The molecule has 4 heterocycles. The molecule has 4 aromatic heterocycles. The van der Waals surface area contributed by atoms with Gasteiger partial charge in [0.1, 0.15) is 4.83 Å². The van der Waals surface area contributed by atoms with E-state index in [1.165, 1.54) is 16.9 Å². The molecule has 0 fully saturated rings. The molecule has 0 spiro atoms. The zero-order valence-corrected chi connectivity index (χ0v) is 19.5. The van der Waals surface area contributed by atoms with Crippen LogP contribution >= 0.6 is 22.9 Å². The van der Waals surface area contributed by atoms with Crippen LogP contribution in [0.4, 0.5) is 5.82 Å². The minimum atomic E-state index is -0.181. The lowest BCUT2D eigenvalue weighted by Gasteiger charge is -2.05. The number of benzene rings is 1. The van der Waals surface area contributed by atoms with Crippen LogP contribution in [0.2, 0.25) is 5.02 Å². The van der Waals surface area contributed by atoms with Gasteiger partial charge in [-0.05, 0) is 48.7 Å². The number of carbonyl (C=O) groups is 1. The fourth-order valence-corrected chi connectivity index (χ4v) is 4.90. The number of rotatable bonds is 7. The lowest BCUT2D eigenvalue weighted by atomic mass is 10.2. The summed E-state index contributed by atoms with van der Waals surface area (Å²) < 4.78 is 3.73. The van der Waals surface area contributed by atoms with Gasteiger partial charge in [0.05, 0.1) is 17.1 Å². The minimum absolute atomic E-state index is 0.181. The second-order valence-corrected chi connectivity index (χ2v) is 9.13. The third kappa shape index (κ3) is 4.67. The van der Waals surface area contributed by atoms with Crippen molar-refractivity contribution >= 4 is 44.9 Å². The van der Waals surface area contributed by atoms with Crippen LogP contribution in [0.3, 0.4) is 0 Å². The molecule has 0 aliphatic heterocycles. The van der Waals surface area contributed by atoms with Gasteiger partial charge in [-0.15, -0.1) is 11.3 Å². The Bertz CT molecular complexity index is 1420. The first kappa shape index (κ1) is 21.4. The molecule has 0 bridgehead atoms. The van der Waals surface area contributed by atoms with Crippen LogP contribution in [0.1, 0.15) is 26.5 Å². The van der Waals surface area contributed by atoms with Crippen LogP contribution in [0, 0.1) is 6.92 Å². The van der Waals surface area contributed by atoms with Crippen LogP contribution in [0.15, 0.2) is 67.1 Å². The van der Waals surface area contributed by atoms with Crippen molar-refractivity contribution in [2.24, 2.45) is 0 Å². The van der Waals surface area contributed by atoms with Crippen molar-refractivity contribution in [2.45, 2.75) is 26.4 Å². The molecule has 5 rings (SSSR count). The van der Waals surface area contributed by atoms with E-state index in [-0.39, 0.29) is 5.91 Å². The Balaban J connectivity index is 1.29. The average Bonchev–Trinajstić information content (AvgIpc) is 3.52. The predicted molar refractivity (Wildman–Crippen MR) is 131 cm³/mol. The van der Waals surface area contributed by atoms with Gasteiger partial charge in [0.2, 0.25) is 0 Å². The quantitative estimate of drug-likeness (QED) is 0.350. The maximum atomic E-state index is 12.9. The molecule has 1 amide bonds. The third-order valence-corrected chi connectivity index (χ3v) is 6.89. The summed E-state index contributed by atoms with van der Waals surface area (Å²) in [5.41, 5.74) is 3.06. The van der Waals surface area contributed by atoms with Crippen molar-refractivity contribution in [1.29, 1.82) is 0 Å². The molecule has 0 aliphatic rings. The second-order valence-electron chi connectivity index (χ2n) is 7.69. The van der Waals surface area contributed by atoms with Gasteiger partial charge in [0.25, 0.3) is 5.91 Å². The molecule has 9 heteroatoms. The molecule has 33 heavy (non-hydrogen) atoms. The Kier molecular flexibility index (Phi) is 5.93. The number of anilines is 1. The van der Waals surface area contributed by atoms with Gasteiger partial charge in [-0.25, -0.2) is 0 Å². The zero-order valence-electron chi connectivity index (χ0n) is 17.9. The summed E-state index contributed by atoms with van der Waals surface area (Å²) in [4.78, 5) is 18.5. The number of aromatic nitrogens is 5. The van der Waals surface area contributed by atoms with E-state index in [9.17, 15) is 4.79 Å². The van der Waals surface area contributed by atoms with Gasteiger partial charge >= 0.3 is 0 Å². The van der Waals surface area contributed by atoms with Crippen LogP contribution in [-0.2, 0) is 19.5 Å². The van der Waals surface area contributed by atoms with Crippen molar-refractivity contribution in [3.05, 3.63) is 93.8 Å². The summed E-state index contributed by atoms with van der Waals surface area (Å²) >= 11 is 7.74. The molecule has 5 aromatic rings. The maximum absolute atomic E-state index is 12.9. The number of aryl methyl sites for hydroxylation is 3. The highest BCUT2D eigenvalue weighted by atomic mass is 35.5. The number of thiophene rings is 1. The SMILES string of the molecule is Cc1nn(Cc2ccccc2Cl)c2sc(C(=O)Nc3ccn(CCc4ccncc4)n3)cc12. The topological polar surface area (TPSA) is 77.6 Å². The number of carbonyl (C=O) groups excluding carboxylic acids is 1. The Labute approximate surface area is 199 Å². The van der Waals surface area contributed by atoms with Crippen LogP contribution in [0.5, 0.6) is 0 Å². The highest BCUT2D eigenvalue weighted by Crippen LogP contribution is 2.30. The van der Waals surface area contributed by atoms with Crippen LogP contribution < -0.4 is 5.32 Å². The number of nitrogens with one attached hydrogen (secondary N) is 1. The molecule has 0 atom stereocenters. The molecule has 1 aromatic carbocycles. The number of hydrogen-bond donors (Lipinski definition) is 1. The van der Waals surface area contributed by atoms with Crippen molar-refractivity contribution in [1.82, 2.24) is 24.5 Å². The largest absolute Gasteiger partial charge is 0.304 e. The number of nitrogens with zero attached hydrogens (tertiary/aromatic N) is 5. The molecule has 1 N–H and O–H groups in total. The fraction of sp³-hybridized carbons (Fsp3) is 0.167. The molecular weight excluding hydrogens is 456 g/mol. The molecule has 0 saturated heterocycles. The van der Waals surface area contributed by atoms with Gasteiger partial charge in [0.15, 0.2) is 5.82 Å². The van der Waals surface area contributed by atoms with Crippen LogP contribution in [0.25, 0.3) is 10.2 Å². The summed E-state index contributed by atoms with van der Waals surface area (Å²) in [7, 11) is 0.